The van der Waals surface area contributed by atoms with Crippen LogP contribution in [0.5, 0.6) is 11.5 Å². The molecule has 0 aliphatic carbocycles. The van der Waals surface area contributed by atoms with E-state index < -0.39 is 11.8 Å². The molecule has 1 N–H and O–H groups in total. The van der Waals surface area contributed by atoms with Gasteiger partial charge in [0.25, 0.3) is 11.8 Å². The number of halogens is 2. The predicted octanol–water partition coefficient (Wildman–Crippen LogP) is 5.88. The van der Waals surface area contributed by atoms with Gasteiger partial charge in [-0.15, -0.1) is 0 Å². The van der Waals surface area contributed by atoms with Crippen LogP contribution in [-0.4, -0.2) is 11.8 Å². The third-order valence-corrected chi connectivity index (χ3v) is 5.39. The second kappa shape index (κ2) is 8.22. The fourth-order valence-corrected chi connectivity index (χ4v) is 3.40. The molecule has 0 radical (unpaired) electrons. The van der Waals surface area contributed by atoms with Gasteiger partial charge in [0.15, 0.2) is 0 Å². The molecule has 0 atom stereocenters. The molecule has 150 valence electrons. The lowest BCUT2D eigenvalue weighted by molar-refractivity contribution is -0.120. The van der Waals surface area contributed by atoms with Crippen LogP contribution in [0.25, 0.3) is 0 Å². The molecule has 7 heteroatoms. The van der Waals surface area contributed by atoms with Gasteiger partial charge in [0.1, 0.15) is 22.2 Å². The number of rotatable bonds is 5. The number of amides is 2. The normalized spacial score (nSPS) is 13.8. The average Bonchev–Trinajstić information content (AvgIpc) is 2.96. The molecule has 1 aliphatic rings. The summed E-state index contributed by atoms with van der Waals surface area (Å²) < 4.78 is 5.75. The van der Waals surface area contributed by atoms with E-state index in [2.05, 4.69) is 5.32 Å². The van der Waals surface area contributed by atoms with Crippen molar-refractivity contribution in [1.82, 2.24) is 0 Å². The zero-order chi connectivity index (χ0) is 21.3. The lowest BCUT2D eigenvalue weighted by atomic mass is 10.2. The molecule has 0 saturated heterocycles. The molecule has 0 unspecified atom stereocenters. The number of carbonyl (C=O) groups is 2. The molecule has 0 bridgehead atoms. The number of nitrogens with one attached hydrogen (secondary N) is 1. The summed E-state index contributed by atoms with van der Waals surface area (Å²) >= 11 is 12.3. The molecule has 3 aromatic rings. The predicted molar refractivity (Wildman–Crippen MR) is 118 cm³/mol. The molecule has 4 rings (SSSR count). The third kappa shape index (κ3) is 3.77. The minimum atomic E-state index is -0.597. The topological polar surface area (TPSA) is 58.6 Å². The van der Waals surface area contributed by atoms with Gasteiger partial charge in [-0.05, 0) is 61.0 Å². The monoisotopic (exact) mass is 438 g/mol. The zero-order valence-electron chi connectivity index (χ0n) is 15.9. The molecule has 3 aromatic carbocycles. The van der Waals surface area contributed by atoms with Crippen molar-refractivity contribution in [3.63, 3.8) is 0 Å². The molecule has 5 nitrogen and oxygen atoms in total. The van der Waals surface area contributed by atoms with Crippen LogP contribution in [0.3, 0.4) is 0 Å². The summed E-state index contributed by atoms with van der Waals surface area (Å²) in [4.78, 5) is 26.6. The van der Waals surface area contributed by atoms with Crippen molar-refractivity contribution in [2.45, 2.75) is 6.92 Å². The summed E-state index contributed by atoms with van der Waals surface area (Å²) in [5.74, 6) is 0.129. The summed E-state index contributed by atoms with van der Waals surface area (Å²) in [7, 11) is 0. The van der Waals surface area contributed by atoms with E-state index in [1.165, 1.54) is 0 Å². The molecular weight excluding hydrogens is 423 g/mol. The van der Waals surface area contributed by atoms with Gasteiger partial charge in [0, 0.05) is 10.7 Å². The Hall–Kier alpha value is -3.28. The van der Waals surface area contributed by atoms with Crippen molar-refractivity contribution >= 4 is 46.4 Å². The van der Waals surface area contributed by atoms with Crippen molar-refractivity contribution in [1.29, 1.82) is 0 Å². The number of carbonyl (C=O) groups excluding carboxylic acids is 2. The summed E-state index contributed by atoms with van der Waals surface area (Å²) in [6.07, 6.45) is 0. The fourth-order valence-electron chi connectivity index (χ4n) is 3.01. The lowest BCUT2D eigenvalue weighted by Gasteiger charge is -2.16. The van der Waals surface area contributed by atoms with Crippen molar-refractivity contribution in [2.75, 3.05) is 10.2 Å². The number of imide groups is 1. The molecule has 0 fully saturated rings. The minimum Gasteiger partial charge on any atom is -0.457 e. The Morgan fingerprint density at radius 2 is 1.47 bits per heavy atom. The summed E-state index contributed by atoms with van der Waals surface area (Å²) in [6.45, 7) is 1.81. The Morgan fingerprint density at radius 3 is 2.17 bits per heavy atom. The molecule has 1 heterocycles. The van der Waals surface area contributed by atoms with Crippen LogP contribution in [0, 0.1) is 6.92 Å². The first-order chi connectivity index (χ1) is 14.5. The quantitative estimate of drug-likeness (QED) is 0.505. The van der Waals surface area contributed by atoms with Crippen molar-refractivity contribution in [2.24, 2.45) is 0 Å². The van der Waals surface area contributed by atoms with Crippen LogP contribution in [-0.2, 0) is 9.59 Å². The van der Waals surface area contributed by atoms with Gasteiger partial charge in [-0.3, -0.25) is 9.59 Å². The van der Waals surface area contributed by atoms with E-state index in [9.17, 15) is 9.59 Å². The van der Waals surface area contributed by atoms with E-state index in [0.717, 1.165) is 10.5 Å². The smallest absolute Gasteiger partial charge is 0.283 e. The number of hydrogen-bond acceptors (Lipinski definition) is 4. The van der Waals surface area contributed by atoms with Crippen LogP contribution in [0.2, 0.25) is 5.02 Å². The Bertz CT molecular complexity index is 1160. The second-order valence-electron chi connectivity index (χ2n) is 6.58. The van der Waals surface area contributed by atoms with Crippen LogP contribution in [0.15, 0.2) is 83.5 Å². The molecule has 1 aliphatic heterocycles. The maximum absolute atomic E-state index is 12.9. The summed E-state index contributed by atoms with van der Waals surface area (Å²) in [5, 5.41) is 3.31. The number of nitrogens with zero attached hydrogens (tertiary/aromatic N) is 1. The molecule has 0 aromatic heterocycles. The zero-order valence-corrected chi connectivity index (χ0v) is 17.4. The molecule has 0 spiro atoms. The number of benzene rings is 3. The molecule has 2 amide bonds. The van der Waals surface area contributed by atoms with Crippen LogP contribution >= 0.6 is 23.2 Å². The first kappa shape index (κ1) is 20.0. The Kier molecular flexibility index (Phi) is 5.48. The molecule has 30 heavy (non-hydrogen) atoms. The maximum Gasteiger partial charge on any atom is 0.283 e. The fraction of sp³-hybridized carbons (Fsp3) is 0.0435. The first-order valence-electron chi connectivity index (χ1n) is 9.09. The highest BCUT2D eigenvalue weighted by atomic mass is 35.5. The van der Waals surface area contributed by atoms with Crippen molar-refractivity contribution < 1.29 is 14.3 Å². The number of para-hydroxylation sites is 1. The van der Waals surface area contributed by atoms with Crippen LogP contribution in [0.1, 0.15) is 5.56 Å². The highest BCUT2D eigenvalue weighted by Crippen LogP contribution is 2.33. The van der Waals surface area contributed by atoms with Crippen molar-refractivity contribution in [3.8, 4) is 11.5 Å². The Morgan fingerprint density at radius 1 is 0.800 bits per heavy atom. The summed E-state index contributed by atoms with van der Waals surface area (Å²) in [5.41, 5.74) is 1.75. The van der Waals surface area contributed by atoms with Gasteiger partial charge in [-0.1, -0.05) is 47.5 Å². The lowest BCUT2D eigenvalue weighted by Crippen LogP contribution is -2.32. The standard InChI is InChI=1S/C23H16Cl2N2O3/c1-14-18(24)8-5-9-19(14)26-21-20(25)22(28)27(23(21)29)15-10-12-17(13-11-15)30-16-6-3-2-4-7-16/h2-13,26H,1H3. The first-order valence-corrected chi connectivity index (χ1v) is 9.85. The van der Waals surface area contributed by atoms with Gasteiger partial charge in [-0.2, -0.15) is 0 Å². The Labute approximate surface area is 183 Å². The van der Waals surface area contributed by atoms with E-state index in [0.29, 0.717) is 27.9 Å². The average molecular weight is 439 g/mol. The second-order valence-corrected chi connectivity index (χ2v) is 7.37. The van der Waals surface area contributed by atoms with Gasteiger partial charge in [0.05, 0.1) is 5.69 Å². The van der Waals surface area contributed by atoms with Crippen LogP contribution in [0.4, 0.5) is 11.4 Å². The van der Waals surface area contributed by atoms with E-state index in [-0.39, 0.29) is 10.7 Å². The molecule has 0 saturated carbocycles. The Balaban J connectivity index is 1.55. The maximum atomic E-state index is 12.9. The third-order valence-electron chi connectivity index (χ3n) is 4.63. The summed E-state index contributed by atoms with van der Waals surface area (Å²) in [6, 6.07) is 21.2. The van der Waals surface area contributed by atoms with E-state index in [4.69, 9.17) is 27.9 Å². The number of ether oxygens (including phenoxy) is 1. The van der Waals surface area contributed by atoms with Gasteiger partial charge in [0.2, 0.25) is 0 Å². The van der Waals surface area contributed by atoms with E-state index >= 15 is 0 Å². The van der Waals surface area contributed by atoms with Crippen molar-refractivity contribution in [3.05, 3.63) is 94.1 Å². The van der Waals surface area contributed by atoms with Gasteiger partial charge < -0.3 is 10.1 Å². The van der Waals surface area contributed by atoms with E-state index in [1.54, 1.807) is 42.5 Å². The van der Waals surface area contributed by atoms with Crippen LogP contribution < -0.4 is 15.0 Å². The highest BCUT2D eigenvalue weighted by molar-refractivity contribution is 6.53. The minimum absolute atomic E-state index is 0.0108. The largest absolute Gasteiger partial charge is 0.457 e. The van der Waals surface area contributed by atoms with Gasteiger partial charge >= 0.3 is 0 Å². The number of hydrogen-bond donors (Lipinski definition) is 1. The molecular formula is C23H16Cl2N2O3. The highest BCUT2D eigenvalue weighted by Gasteiger charge is 2.39. The number of anilines is 2. The SMILES string of the molecule is Cc1c(Cl)cccc1NC1=C(Cl)C(=O)N(c2ccc(Oc3ccccc3)cc2)C1=O. The van der Waals surface area contributed by atoms with E-state index in [1.807, 2.05) is 37.3 Å². The van der Waals surface area contributed by atoms with Gasteiger partial charge in [-0.25, -0.2) is 4.90 Å².